The van der Waals surface area contributed by atoms with Gasteiger partial charge in [-0.25, -0.2) is 0 Å². The molecule has 0 fully saturated rings. The molecule has 0 bridgehead atoms. The van der Waals surface area contributed by atoms with E-state index < -0.39 is 37.1 Å². The van der Waals surface area contributed by atoms with E-state index in [1.165, 1.54) is 0 Å². The number of hydrogen-bond acceptors (Lipinski definition) is 6. The van der Waals surface area contributed by atoms with Gasteiger partial charge in [-0.05, 0) is 25.5 Å². The molecule has 9 nitrogen and oxygen atoms in total. The van der Waals surface area contributed by atoms with E-state index in [2.05, 4.69) is 10.6 Å². The van der Waals surface area contributed by atoms with Gasteiger partial charge < -0.3 is 10.6 Å². The summed E-state index contributed by atoms with van der Waals surface area (Å²) in [7, 11) is 0. The van der Waals surface area contributed by atoms with E-state index in [-0.39, 0.29) is 5.56 Å². The van der Waals surface area contributed by atoms with Crippen molar-refractivity contribution in [3.8, 4) is 0 Å². The summed E-state index contributed by atoms with van der Waals surface area (Å²) in [5.74, 6) is -0.898. The van der Waals surface area contributed by atoms with Crippen molar-refractivity contribution in [3.63, 3.8) is 0 Å². The van der Waals surface area contributed by atoms with Crippen LogP contribution < -0.4 is 10.6 Å². The third-order valence-corrected chi connectivity index (χ3v) is 4.53. The predicted molar refractivity (Wildman–Crippen MR) is 111 cm³/mol. The number of rotatable bonds is 6. The van der Waals surface area contributed by atoms with Crippen molar-refractivity contribution >= 4 is 57.8 Å². The van der Waals surface area contributed by atoms with Gasteiger partial charge in [-0.3, -0.25) is 25.0 Å². The highest BCUT2D eigenvalue weighted by atomic mass is 35.6. The molecule has 0 aliphatic rings. The van der Waals surface area contributed by atoms with Gasteiger partial charge in [0.05, 0.1) is 21.5 Å². The highest BCUT2D eigenvalue weighted by molar-refractivity contribution is 6.68. The number of nitro groups is 2. The zero-order chi connectivity index (χ0) is 21.9. The third kappa shape index (κ3) is 5.93. The SMILES string of the molecule is Cc1ccc(N[C@@H](NC(=O)c2cc([N+](=O)[O-])cc([N+](=O)[O-])c2)C(Cl)(Cl)Cl)c(C)c1. The Kier molecular flexibility index (Phi) is 6.89. The molecule has 0 aromatic heterocycles. The van der Waals surface area contributed by atoms with Crippen molar-refractivity contribution in [2.75, 3.05) is 5.32 Å². The molecule has 0 unspecified atom stereocenters. The number of aryl methyl sites for hydroxylation is 2. The van der Waals surface area contributed by atoms with Gasteiger partial charge in [-0.2, -0.15) is 0 Å². The highest BCUT2D eigenvalue weighted by Gasteiger charge is 2.35. The molecule has 1 atom stereocenters. The zero-order valence-corrected chi connectivity index (χ0v) is 17.4. The Morgan fingerprint density at radius 2 is 1.55 bits per heavy atom. The number of halogens is 3. The summed E-state index contributed by atoms with van der Waals surface area (Å²) in [6.45, 7) is 3.72. The van der Waals surface area contributed by atoms with Crippen LogP contribution in [0.2, 0.25) is 0 Å². The molecule has 29 heavy (non-hydrogen) atoms. The lowest BCUT2D eigenvalue weighted by Crippen LogP contribution is -2.49. The first-order valence-electron chi connectivity index (χ1n) is 8.03. The fraction of sp³-hybridized carbons (Fsp3) is 0.235. The van der Waals surface area contributed by atoms with Crippen LogP contribution in [-0.2, 0) is 0 Å². The van der Waals surface area contributed by atoms with Crippen molar-refractivity contribution < 1.29 is 14.6 Å². The Hall–Kier alpha value is -2.62. The molecule has 0 radical (unpaired) electrons. The lowest BCUT2D eigenvalue weighted by molar-refractivity contribution is -0.394. The largest absolute Gasteiger partial charge is 0.362 e. The number of hydrogen-bond donors (Lipinski definition) is 2. The highest BCUT2D eigenvalue weighted by Crippen LogP contribution is 2.32. The van der Waals surface area contributed by atoms with Gasteiger partial charge in [-0.1, -0.05) is 52.5 Å². The van der Waals surface area contributed by atoms with Crippen LogP contribution in [0.5, 0.6) is 0 Å². The van der Waals surface area contributed by atoms with Crippen molar-refractivity contribution in [1.82, 2.24) is 5.32 Å². The molecule has 0 aliphatic carbocycles. The zero-order valence-electron chi connectivity index (χ0n) is 15.1. The van der Waals surface area contributed by atoms with Crippen molar-refractivity contribution in [2.24, 2.45) is 0 Å². The summed E-state index contributed by atoms with van der Waals surface area (Å²) < 4.78 is -2.00. The average molecular weight is 462 g/mol. The van der Waals surface area contributed by atoms with Crippen LogP contribution in [0.4, 0.5) is 17.1 Å². The van der Waals surface area contributed by atoms with Gasteiger partial charge in [0.1, 0.15) is 6.17 Å². The van der Waals surface area contributed by atoms with Gasteiger partial charge in [0.15, 0.2) is 0 Å². The fourth-order valence-electron chi connectivity index (χ4n) is 2.48. The lowest BCUT2D eigenvalue weighted by atomic mass is 10.1. The Morgan fingerprint density at radius 1 is 1.00 bits per heavy atom. The first kappa shape index (κ1) is 22.7. The maximum Gasteiger partial charge on any atom is 0.277 e. The summed E-state index contributed by atoms with van der Waals surface area (Å²) in [6.07, 6.45) is -1.24. The molecular formula is C17H15Cl3N4O5. The normalized spacial score (nSPS) is 12.2. The second-order valence-electron chi connectivity index (χ2n) is 6.16. The van der Waals surface area contributed by atoms with Crippen LogP contribution in [-0.4, -0.2) is 25.7 Å². The van der Waals surface area contributed by atoms with Gasteiger partial charge in [0.2, 0.25) is 3.79 Å². The minimum Gasteiger partial charge on any atom is -0.362 e. The standard InChI is InChI=1S/C17H15Cl3N4O5/c1-9-3-4-14(10(2)5-9)21-16(17(18,19)20)22-15(25)11-6-12(23(26)27)8-13(7-11)24(28)29/h3-8,16,21H,1-2H3,(H,22,25)/t16-/m0/s1. The molecule has 0 spiro atoms. The Balaban J connectivity index is 2.35. The predicted octanol–water partition coefficient (Wildman–Crippen LogP) is 4.66. The topological polar surface area (TPSA) is 127 Å². The molecular weight excluding hydrogens is 447 g/mol. The second-order valence-corrected chi connectivity index (χ2v) is 8.53. The van der Waals surface area contributed by atoms with E-state index >= 15 is 0 Å². The number of alkyl halides is 3. The van der Waals surface area contributed by atoms with Crippen LogP contribution in [0.15, 0.2) is 36.4 Å². The molecule has 2 N–H and O–H groups in total. The van der Waals surface area contributed by atoms with E-state index in [9.17, 15) is 25.0 Å². The summed E-state index contributed by atoms with van der Waals surface area (Å²) in [5.41, 5.74) is 0.856. The summed E-state index contributed by atoms with van der Waals surface area (Å²) in [6, 6.07) is 7.97. The van der Waals surface area contributed by atoms with E-state index in [4.69, 9.17) is 34.8 Å². The molecule has 2 aromatic carbocycles. The van der Waals surface area contributed by atoms with Gasteiger partial charge in [0, 0.05) is 17.8 Å². The van der Waals surface area contributed by atoms with Crippen LogP contribution in [0.3, 0.4) is 0 Å². The van der Waals surface area contributed by atoms with Gasteiger partial charge >= 0.3 is 0 Å². The molecule has 0 heterocycles. The first-order chi connectivity index (χ1) is 13.4. The number of amides is 1. The second kappa shape index (κ2) is 8.81. The summed E-state index contributed by atoms with van der Waals surface area (Å²) in [5, 5.41) is 27.3. The monoisotopic (exact) mass is 460 g/mol. The van der Waals surface area contributed by atoms with E-state index in [0.29, 0.717) is 5.69 Å². The van der Waals surface area contributed by atoms with Crippen LogP contribution in [0.1, 0.15) is 21.5 Å². The summed E-state index contributed by atoms with van der Waals surface area (Å²) >= 11 is 17.9. The number of carbonyl (C=O) groups excluding carboxylic acids is 1. The smallest absolute Gasteiger partial charge is 0.277 e. The minimum absolute atomic E-state index is 0.326. The van der Waals surface area contributed by atoms with E-state index in [1.807, 2.05) is 26.0 Å². The van der Waals surface area contributed by atoms with Crippen molar-refractivity contribution in [3.05, 3.63) is 73.3 Å². The number of nitro benzene ring substituents is 2. The van der Waals surface area contributed by atoms with Gasteiger partial charge in [0.25, 0.3) is 17.3 Å². The van der Waals surface area contributed by atoms with E-state index in [1.54, 1.807) is 6.07 Å². The Morgan fingerprint density at radius 3 is 2.00 bits per heavy atom. The average Bonchev–Trinajstić information content (AvgIpc) is 2.61. The molecule has 154 valence electrons. The number of non-ortho nitro benzene ring substituents is 2. The van der Waals surface area contributed by atoms with Crippen LogP contribution in [0.25, 0.3) is 0 Å². The minimum atomic E-state index is -2.00. The molecule has 1 amide bonds. The van der Waals surface area contributed by atoms with Crippen LogP contribution in [0, 0.1) is 34.1 Å². The number of nitrogens with zero attached hydrogens (tertiary/aromatic N) is 2. The summed E-state index contributed by atoms with van der Waals surface area (Å²) in [4.78, 5) is 32.9. The maximum atomic E-state index is 12.6. The molecule has 0 aliphatic heterocycles. The van der Waals surface area contributed by atoms with Crippen molar-refractivity contribution in [2.45, 2.75) is 23.8 Å². The molecule has 2 aromatic rings. The number of nitrogens with one attached hydrogen (secondary N) is 2. The van der Waals surface area contributed by atoms with Crippen LogP contribution >= 0.6 is 34.8 Å². The van der Waals surface area contributed by atoms with Crippen molar-refractivity contribution in [1.29, 1.82) is 0 Å². The number of benzene rings is 2. The molecule has 12 heteroatoms. The number of anilines is 1. The first-order valence-corrected chi connectivity index (χ1v) is 9.17. The third-order valence-electron chi connectivity index (χ3n) is 3.87. The quantitative estimate of drug-likeness (QED) is 0.279. The van der Waals surface area contributed by atoms with E-state index in [0.717, 1.165) is 29.3 Å². The van der Waals surface area contributed by atoms with Gasteiger partial charge in [-0.15, -0.1) is 0 Å². The Labute approximate surface area is 180 Å². The fourth-order valence-corrected chi connectivity index (χ4v) is 2.81. The lowest BCUT2D eigenvalue weighted by Gasteiger charge is -2.28. The molecule has 0 saturated heterocycles. The maximum absolute atomic E-state index is 12.6. The Bertz CT molecular complexity index is 946. The molecule has 0 saturated carbocycles. The number of carbonyl (C=O) groups is 1. The molecule has 2 rings (SSSR count).